The summed E-state index contributed by atoms with van der Waals surface area (Å²) in [5.41, 5.74) is 1.44. The minimum atomic E-state index is -1.18. The van der Waals surface area contributed by atoms with Crippen molar-refractivity contribution in [2.24, 2.45) is 22.7 Å². The zero-order valence-electron chi connectivity index (χ0n) is 22.4. The first-order chi connectivity index (χ1) is 15.8. The number of hydrogen-bond acceptors (Lipinski definition) is 5. The lowest BCUT2D eigenvalue weighted by Crippen LogP contribution is -2.49. The third-order valence-corrected chi connectivity index (χ3v) is 10.0. The predicted molar refractivity (Wildman–Crippen MR) is 132 cm³/mol. The lowest BCUT2D eigenvalue weighted by atomic mass is 9.66. The van der Waals surface area contributed by atoms with Gasteiger partial charge in [0.05, 0.1) is 18.6 Å². The Morgan fingerprint density at radius 2 is 1.53 bits per heavy atom. The maximum absolute atomic E-state index is 13.4. The molecule has 5 atom stereocenters. The van der Waals surface area contributed by atoms with Gasteiger partial charge in [-0.2, -0.15) is 0 Å². The van der Waals surface area contributed by atoms with Gasteiger partial charge in [0.2, 0.25) is 5.60 Å². The Hall–Kier alpha value is -1.88. The van der Waals surface area contributed by atoms with E-state index in [0.717, 1.165) is 0 Å². The Kier molecular flexibility index (Phi) is 5.99. The summed E-state index contributed by atoms with van der Waals surface area (Å²) >= 11 is 0. The molecule has 0 amide bonds. The molecular formula is C29H42O5. The van der Waals surface area contributed by atoms with Gasteiger partial charge in [-0.25, -0.2) is 4.79 Å². The highest BCUT2D eigenvalue weighted by molar-refractivity contribution is 5.93. The van der Waals surface area contributed by atoms with Crippen molar-refractivity contribution in [1.82, 2.24) is 0 Å². The van der Waals surface area contributed by atoms with Gasteiger partial charge >= 0.3 is 11.9 Å². The molecule has 0 spiro atoms. The van der Waals surface area contributed by atoms with Crippen molar-refractivity contribution in [2.75, 3.05) is 20.3 Å². The Morgan fingerprint density at radius 3 is 1.97 bits per heavy atom. The van der Waals surface area contributed by atoms with Crippen LogP contribution in [0.1, 0.15) is 96.8 Å². The van der Waals surface area contributed by atoms with Gasteiger partial charge in [-0.15, -0.1) is 0 Å². The molecule has 0 radical (unpaired) electrons. The number of esters is 2. The maximum Gasteiger partial charge on any atom is 0.351 e. The molecule has 1 aromatic rings. The van der Waals surface area contributed by atoms with E-state index in [4.69, 9.17) is 14.2 Å². The lowest BCUT2D eigenvalue weighted by molar-refractivity contribution is -0.183. The molecule has 3 aliphatic rings. The first-order valence-corrected chi connectivity index (χ1v) is 12.8. The molecule has 0 aromatic heterocycles. The van der Waals surface area contributed by atoms with Gasteiger partial charge in [-0.3, -0.25) is 4.79 Å². The summed E-state index contributed by atoms with van der Waals surface area (Å²) in [5, 5.41) is 0. The molecule has 5 heteroatoms. The molecule has 2 unspecified atom stereocenters. The number of rotatable bonds is 8. The summed E-state index contributed by atoms with van der Waals surface area (Å²) in [4.78, 5) is 26.0. The van der Waals surface area contributed by atoms with Crippen LogP contribution in [0.5, 0.6) is 0 Å². The Balaban J connectivity index is 1.58. The van der Waals surface area contributed by atoms with Gasteiger partial charge in [0, 0.05) is 23.9 Å². The average molecular weight is 471 g/mol. The van der Waals surface area contributed by atoms with Crippen LogP contribution in [0.4, 0.5) is 0 Å². The van der Waals surface area contributed by atoms with E-state index in [1.54, 1.807) is 7.11 Å². The van der Waals surface area contributed by atoms with Crippen LogP contribution in [-0.4, -0.2) is 37.9 Å². The fourth-order valence-corrected chi connectivity index (χ4v) is 6.52. The van der Waals surface area contributed by atoms with Gasteiger partial charge in [0.15, 0.2) is 0 Å². The fraction of sp³-hybridized carbons (Fsp3) is 0.724. The maximum atomic E-state index is 13.4. The van der Waals surface area contributed by atoms with Crippen molar-refractivity contribution in [3.05, 3.63) is 34.9 Å². The van der Waals surface area contributed by atoms with E-state index in [0.29, 0.717) is 37.9 Å². The van der Waals surface area contributed by atoms with E-state index in [2.05, 4.69) is 52.8 Å². The number of ether oxygens (including phenoxy) is 3. The van der Waals surface area contributed by atoms with E-state index in [-0.39, 0.29) is 23.2 Å². The van der Waals surface area contributed by atoms with Crippen LogP contribution >= 0.6 is 0 Å². The molecule has 1 saturated heterocycles. The predicted octanol–water partition coefficient (Wildman–Crippen LogP) is 5.75. The molecule has 5 nitrogen and oxygen atoms in total. The molecule has 0 N–H and O–H groups in total. The molecule has 2 aliphatic carbocycles. The zero-order chi connectivity index (χ0) is 25.3. The number of carbonyl (C=O) groups excluding carboxylic acids is 2. The summed E-state index contributed by atoms with van der Waals surface area (Å²) in [7, 11) is 1.73. The number of carbonyl (C=O) groups is 2. The fourth-order valence-electron chi connectivity index (χ4n) is 6.52. The van der Waals surface area contributed by atoms with E-state index in [9.17, 15) is 9.59 Å². The summed E-state index contributed by atoms with van der Waals surface area (Å²) in [6, 6.07) is 6.96. The van der Waals surface area contributed by atoms with E-state index in [1.807, 2.05) is 20.8 Å². The van der Waals surface area contributed by atoms with Gasteiger partial charge in [0.1, 0.15) is 0 Å². The molecule has 4 rings (SSSR count). The Morgan fingerprint density at radius 1 is 0.971 bits per heavy atom. The van der Waals surface area contributed by atoms with E-state index in [1.165, 1.54) is 16.7 Å². The van der Waals surface area contributed by atoms with Crippen LogP contribution in [-0.2, 0) is 29.2 Å². The van der Waals surface area contributed by atoms with Crippen LogP contribution in [0.2, 0.25) is 0 Å². The second-order valence-corrected chi connectivity index (χ2v) is 12.4. The molecule has 34 heavy (non-hydrogen) atoms. The molecule has 188 valence electrons. The van der Waals surface area contributed by atoms with Crippen molar-refractivity contribution in [3.63, 3.8) is 0 Å². The van der Waals surface area contributed by atoms with Crippen LogP contribution in [0.3, 0.4) is 0 Å². The van der Waals surface area contributed by atoms with Gasteiger partial charge < -0.3 is 14.2 Å². The number of hydrogen-bond donors (Lipinski definition) is 0. The quantitative estimate of drug-likeness (QED) is 0.453. The highest BCUT2D eigenvalue weighted by atomic mass is 16.6. The second-order valence-electron chi connectivity index (χ2n) is 12.4. The Labute approximate surface area is 204 Å². The van der Waals surface area contributed by atoms with Crippen LogP contribution < -0.4 is 0 Å². The van der Waals surface area contributed by atoms with Crippen LogP contribution in [0, 0.1) is 22.7 Å². The smallest absolute Gasteiger partial charge is 0.351 e. The van der Waals surface area contributed by atoms with Crippen LogP contribution in [0.25, 0.3) is 0 Å². The minimum absolute atomic E-state index is 0.130. The van der Waals surface area contributed by atoms with Gasteiger partial charge in [0.25, 0.3) is 0 Å². The van der Waals surface area contributed by atoms with Crippen molar-refractivity contribution in [3.8, 4) is 0 Å². The minimum Gasteiger partial charge on any atom is -0.462 e. The highest BCUT2D eigenvalue weighted by Gasteiger charge is 2.76. The second kappa shape index (κ2) is 8.08. The highest BCUT2D eigenvalue weighted by Crippen LogP contribution is 2.66. The molecule has 3 fully saturated rings. The van der Waals surface area contributed by atoms with E-state index >= 15 is 0 Å². The monoisotopic (exact) mass is 470 g/mol. The average Bonchev–Trinajstić information content (AvgIpc) is 3.23. The van der Waals surface area contributed by atoms with Crippen molar-refractivity contribution in [2.45, 2.75) is 91.1 Å². The summed E-state index contributed by atoms with van der Waals surface area (Å²) in [6.45, 7) is 17.9. The topological polar surface area (TPSA) is 61.8 Å². The Bertz CT molecular complexity index is 968. The first-order valence-electron chi connectivity index (χ1n) is 12.8. The number of fused-ring (bicyclic) bond motifs is 2. The summed E-state index contributed by atoms with van der Waals surface area (Å²) in [5.74, 6) is 0.623. The molecule has 1 aliphatic heterocycles. The number of benzene rings is 1. The first kappa shape index (κ1) is 25.2. The summed E-state index contributed by atoms with van der Waals surface area (Å²) in [6.07, 6.45) is 1.18. The molecular weight excluding hydrogens is 428 g/mol. The largest absolute Gasteiger partial charge is 0.462 e. The zero-order valence-corrected chi connectivity index (χ0v) is 22.4. The third kappa shape index (κ3) is 3.29. The molecule has 2 saturated carbocycles. The lowest BCUT2D eigenvalue weighted by Gasteiger charge is -2.34. The van der Waals surface area contributed by atoms with Crippen LogP contribution in [0.15, 0.2) is 18.2 Å². The summed E-state index contributed by atoms with van der Waals surface area (Å²) < 4.78 is 17.3. The molecule has 1 aromatic carbocycles. The molecule has 2 bridgehead atoms. The van der Waals surface area contributed by atoms with Gasteiger partial charge in [-0.05, 0) is 54.2 Å². The van der Waals surface area contributed by atoms with E-state index < -0.39 is 22.4 Å². The van der Waals surface area contributed by atoms with Crippen molar-refractivity contribution in [1.29, 1.82) is 0 Å². The normalized spacial score (nSPS) is 35.7. The molecule has 1 heterocycles. The number of methoxy groups -OCH3 is 1. The van der Waals surface area contributed by atoms with Crippen molar-refractivity contribution < 1.29 is 23.8 Å². The SMILES string of the molecule is COC[C@H]1[C@@H](COC(=O)C23CCC(C)(C(=O)O2)C3(C)C)[C@@]1(C)c1cc(C(C)C)cc(C(C)C)c1. The van der Waals surface area contributed by atoms with Crippen molar-refractivity contribution >= 4 is 11.9 Å². The van der Waals surface area contributed by atoms with Gasteiger partial charge in [-0.1, -0.05) is 66.7 Å². The third-order valence-electron chi connectivity index (χ3n) is 10.0. The standard InChI is InChI=1S/C29H42O5/c1-17(2)19-12-20(18(3)4)14-21(13-19)28(8)22(15-32-9)23(28)16-33-25(31)29-11-10-27(7,24(30)34-29)26(29,5)6/h12-14,17-18,22-23H,10-11,15-16H2,1-9H3/t22-,23+,27?,28-,29?/m0/s1.